The Labute approximate surface area is 249 Å². The number of hydrogen-bond acceptors (Lipinski definition) is 10. The lowest BCUT2D eigenvalue weighted by Crippen LogP contribution is -2.70. The summed E-state index contributed by atoms with van der Waals surface area (Å²) in [6.45, 7) is 4.47. The third-order valence-corrected chi connectivity index (χ3v) is 7.61. The van der Waals surface area contributed by atoms with Gasteiger partial charge < -0.3 is 32.3 Å². The number of phenolic OH excluding ortho intramolecular Hbond substituents is 1. The largest absolute Gasteiger partial charge is 0.508 e. The molecule has 2 rings (SSSR count). The van der Waals surface area contributed by atoms with Crippen molar-refractivity contribution in [3.05, 3.63) is 65.2 Å². The number of Topliss-reactive ketones (excluding diaryl/α,β-unsaturated/α-hetero) is 1. The fraction of sp³-hybridized carbons (Fsp3) is 0.407. The molecular weight excluding hydrogens is 573 g/mol. The van der Waals surface area contributed by atoms with Crippen LogP contribution in [-0.2, 0) is 32.0 Å². The number of aromatic hydroxyl groups is 1. The predicted molar refractivity (Wildman–Crippen MR) is 163 cm³/mol. The summed E-state index contributed by atoms with van der Waals surface area (Å²) in [6.07, 6.45) is -0.105. The topological polar surface area (TPSA) is 185 Å². The van der Waals surface area contributed by atoms with Crippen molar-refractivity contribution in [3.63, 3.8) is 0 Å². The van der Waals surface area contributed by atoms with Gasteiger partial charge in [0.2, 0.25) is 11.8 Å². The van der Waals surface area contributed by atoms with Crippen molar-refractivity contribution in [2.24, 2.45) is 11.5 Å². The first kappa shape index (κ1) is 33.5. The molecule has 218 valence electrons. The van der Waals surface area contributed by atoms with Gasteiger partial charge in [0.15, 0.2) is 11.3 Å². The van der Waals surface area contributed by atoms with E-state index in [9.17, 15) is 29.4 Å². The summed E-state index contributed by atoms with van der Waals surface area (Å²) in [5.41, 5.74) is 11.4. The van der Waals surface area contributed by atoms with E-state index >= 15 is 0 Å². The number of rotatable bonds is 13. The average Bonchev–Trinajstić information content (AvgIpc) is 2.87. The zero-order chi connectivity index (χ0) is 30.4. The van der Waals surface area contributed by atoms with Gasteiger partial charge in [0.25, 0.3) is 0 Å². The third-order valence-electron chi connectivity index (χ3n) is 6.61. The molecule has 0 fully saturated rings. The summed E-state index contributed by atoms with van der Waals surface area (Å²) >= 11 is 12.4. The van der Waals surface area contributed by atoms with Crippen LogP contribution in [0.2, 0.25) is 0 Å². The molecule has 8 N–H and O–H groups in total. The monoisotopic (exact) mass is 608 g/mol. The van der Waals surface area contributed by atoms with Gasteiger partial charge in [0, 0.05) is 17.6 Å². The van der Waals surface area contributed by atoms with Crippen LogP contribution in [0.4, 0.5) is 0 Å². The summed E-state index contributed by atoms with van der Waals surface area (Å²) in [5.74, 6) is -4.07. The van der Waals surface area contributed by atoms with Gasteiger partial charge in [-0.15, -0.1) is 0 Å². The Bertz CT molecular complexity index is 1240. The predicted octanol–water partition coefficient (Wildman–Crippen LogP) is 1.03. The number of aliphatic carboxylic acids is 1. The summed E-state index contributed by atoms with van der Waals surface area (Å²) in [7, 11) is 0. The van der Waals surface area contributed by atoms with Crippen molar-refractivity contribution >= 4 is 61.5 Å². The Hall–Kier alpha value is -2.71. The summed E-state index contributed by atoms with van der Waals surface area (Å²) in [4.78, 5) is 52.5. The number of aryl methyl sites for hydroxylation is 1. The van der Waals surface area contributed by atoms with Crippen molar-refractivity contribution < 1.29 is 29.4 Å². The number of carbonyl (C=O) groups is 4. The maximum Gasteiger partial charge on any atom is 0.333 e. The van der Waals surface area contributed by atoms with Crippen molar-refractivity contribution in [2.45, 2.75) is 66.6 Å². The molecule has 0 aliphatic carbocycles. The molecule has 0 spiro atoms. The number of nitrogens with two attached hydrogens (primary N) is 2. The van der Waals surface area contributed by atoms with Gasteiger partial charge in [0.1, 0.15) is 17.8 Å². The second kappa shape index (κ2) is 13.8. The number of amides is 2. The Morgan fingerprint density at radius 1 is 0.950 bits per heavy atom. The first-order valence-electron chi connectivity index (χ1n) is 12.3. The van der Waals surface area contributed by atoms with Gasteiger partial charge in [-0.1, -0.05) is 36.4 Å². The van der Waals surface area contributed by atoms with Crippen LogP contribution >= 0.6 is 37.9 Å². The fourth-order valence-corrected chi connectivity index (χ4v) is 4.49. The smallest absolute Gasteiger partial charge is 0.333 e. The first-order valence-corrected chi connectivity index (χ1v) is 13.8. The van der Waals surface area contributed by atoms with Gasteiger partial charge >= 0.3 is 5.97 Å². The van der Waals surface area contributed by atoms with E-state index in [0.29, 0.717) is 16.7 Å². The number of carboxylic acid groups (broad SMARTS) is 1. The molecular formula is C27H36N4O6S3. The van der Waals surface area contributed by atoms with E-state index in [1.807, 2.05) is 0 Å². The number of ketones is 1. The van der Waals surface area contributed by atoms with Crippen LogP contribution in [0.25, 0.3) is 0 Å². The number of carboxylic acids is 1. The average molecular weight is 609 g/mol. The number of nitrogens with one attached hydrogen (secondary N) is 2. The van der Waals surface area contributed by atoms with Crippen LogP contribution in [0.15, 0.2) is 48.5 Å². The van der Waals surface area contributed by atoms with Crippen LogP contribution in [0.5, 0.6) is 5.75 Å². The lowest BCUT2D eigenvalue weighted by atomic mass is 9.78. The van der Waals surface area contributed by atoms with E-state index in [4.69, 9.17) is 11.5 Å². The van der Waals surface area contributed by atoms with Gasteiger partial charge in [-0.05, 0) is 49.6 Å². The lowest BCUT2D eigenvalue weighted by molar-refractivity contribution is -0.151. The molecule has 2 amide bonds. The number of benzene rings is 2. The molecule has 0 aliphatic rings. The van der Waals surface area contributed by atoms with Crippen LogP contribution in [0, 0.1) is 6.92 Å². The zero-order valence-corrected chi connectivity index (χ0v) is 25.0. The van der Waals surface area contributed by atoms with Crippen LogP contribution in [-0.4, -0.2) is 66.8 Å². The molecule has 0 aromatic heterocycles. The minimum atomic E-state index is -2.50. The Kier molecular flexibility index (Phi) is 11.5. The molecule has 0 bridgehead atoms. The number of thiol groups is 3. The molecule has 10 nitrogen and oxygen atoms in total. The Morgan fingerprint density at radius 2 is 1.52 bits per heavy atom. The Balaban J connectivity index is 2.52. The van der Waals surface area contributed by atoms with Gasteiger partial charge in [-0.2, -0.15) is 37.9 Å². The highest BCUT2D eigenvalue weighted by Crippen LogP contribution is 2.30. The standard InChI is InChI=1S/C27H36N4O6S3/c1-14-11-17(32)10-9-16(14)13-18(21(33)27(29,25(36)37)26(2,3)40)30-22(34)19(12-15-7-5-4-6-8-15)31-23(35)20(28)24(38)39/h4-11,18-20,24,32,38-40H,12-13,28-29H2,1-3H3,(H,30,34)(H,31,35)(H,36,37)/t18-,19-,20-,27-/m0/s1. The molecule has 0 aliphatic heterocycles. The minimum absolute atomic E-state index is 0.00276. The van der Waals surface area contributed by atoms with E-state index in [1.165, 1.54) is 26.0 Å². The summed E-state index contributed by atoms with van der Waals surface area (Å²) in [6, 6.07) is 9.49. The van der Waals surface area contributed by atoms with Crippen LogP contribution in [0.3, 0.4) is 0 Å². The SMILES string of the molecule is Cc1cc(O)ccc1C[C@H](NC(=O)[C@H](Cc1ccccc1)NC(=O)[C@H](N)C(S)S)C(=O)[C@](N)(C(=O)O)C(C)(C)S. The molecule has 0 saturated carbocycles. The molecule has 2 aromatic carbocycles. The number of hydrogen-bond donors (Lipinski definition) is 9. The highest BCUT2D eigenvalue weighted by molar-refractivity contribution is 7.99. The molecule has 4 atom stereocenters. The first-order chi connectivity index (χ1) is 18.5. The number of phenols is 1. The maximum absolute atomic E-state index is 13.8. The van der Waals surface area contributed by atoms with Crippen molar-refractivity contribution in [1.82, 2.24) is 10.6 Å². The van der Waals surface area contributed by atoms with E-state index in [-0.39, 0.29) is 18.6 Å². The summed E-state index contributed by atoms with van der Waals surface area (Å²) < 4.78 is -2.33. The highest BCUT2D eigenvalue weighted by atomic mass is 32.2. The third kappa shape index (κ3) is 8.16. The maximum atomic E-state index is 13.8. The lowest BCUT2D eigenvalue weighted by Gasteiger charge is -2.38. The molecule has 0 heterocycles. The highest BCUT2D eigenvalue weighted by Gasteiger charge is 2.55. The van der Waals surface area contributed by atoms with Gasteiger partial charge in [0.05, 0.1) is 10.6 Å². The Morgan fingerprint density at radius 3 is 2.02 bits per heavy atom. The van der Waals surface area contributed by atoms with E-state index in [0.717, 1.165) is 0 Å². The molecule has 0 saturated heterocycles. The van der Waals surface area contributed by atoms with Crippen molar-refractivity contribution in [1.29, 1.82) is 0 Å². The molecule has 13 heteroatoms. The van der Waals surface area contributed by atoms with Gasteiger partial charge in [-0.25, -0.2) is 4.79 Å². The second-order valence-corrected chi connectivity index (χ2v) is 12.7. The normalized spacial score (nSPS) is 15.4. The quantitative estimate of drug-likeness (QED) is 0.0917. The van der Waals surface area contributed by atoms with Crippen LogP contribution in [0.1, 0.15) is 30.5 Å². The van der Waals surface area contributed by atoms with Crippen molar-refractivity contribution in [3.8, 4) is 5.75 Å². The van der Waals surface area contributed by atoms with E-state index in [2.05, 4.69) is 48.5 Å². The minimum Gasteiger partial charge on any atom is -0.508 e. The molecule has 0 unspecified atom stereocenters. The van der Waals surface area contributed by atoms with Crippen LogP contribution < -0.4 is 22.1 Å². The fourth-order valence-electron chi connectivity index (χ4n) is 4.02. The molecule has 40 heavy (non-hydrogen) atoms. The summed E-state index contributed by atoms with van der Waals surface area (Å²) in [5, 5.41) is 25.0. The van der Waals surface area contributed by atoms with Gasteiger partial charge in [-0.3, -0.25) is 14.4 Å². The molecule has 0 radical (unpaired) electrons. The van der Waals surface area contributed by atoms with E-state index in [1.54, 1.807) is 43.3 Å². The molecule has 2 aromatic rings. The van der Waals surface area contributed by atoms with Crippen molar-refractivity contribution in [2.75, 3.05) is 0 Å². The zero-order valence-electron chi connectivity index (χ0n) is 22.4. The second-order valence-electron chi connectivity index (χ2n) is 10.1. The van der Waals surface area contributed by atoms with E-state index < -0.39 is 56.6 Å². The number of carbonyl (C=O) groups excluding carboxylic acids is 3.